The van der Waals surface area contributed by atoms with Crippen LogP contribution in [0.2, 0.25) is 0 Å². The van der Waals surface area contributed by atoms with Crippen LogP contribution in [-0.2, 0) is 4.74 Å². The molecule has 1 aromatic rings. The second-order valence-electron chi connectivity index (χ2n) is 3.31. The first kappa shape index (κ1) is 13.3. The number of rotatable bonds is 5. The SMILES string of the molecule is CCOC(=N)[C@@H](O)c1ccc(OC)c(OC)c1. The first-order valence-electron chi connectivity index (χ1n) is 5.25. The van der Waals surface area contributed by atoms with Gasteiger partial charge >= 0.3 is 0 Å². The van der Waals surface area contributed by atoms with Gasteiger partial charge in [-0.15, -0.1) is 0 Å². The zero-order valence-electron chi connectivity index (χ0n) is 10.2. The van der Waals surface area contributed by atoms with Crippen LogP contribution in [0.1, 0.15) is 18.6 Å². The lowest BCUT2D eigenvalue weighted by Gasteiger charge is -2.14. The van der Waals surface area contributed by atoms with E-state index in [0.29, 0.717) is 23.7 Å². The Kier molecular flexibility index (Phi) is 4.78. The lowest BCUT2D eigenvalue weighted by atomic mass is 10.1. The van der Waals surface area contributed by atoms with Crippen molar-refractivity contribution in [2.45, 2.75) is 13.0 Å². The summed E-state index contributed by atoms with van der Waals surface area (Å²) >= 11 is 0. The van der Waals surface area contributed by atoms with Gasteiger partial charge in [-0.1, -0.05) is 6.07 Å². The molecule has 17 heavy (non-hydrogen) atoms. The molecule has 1 atom stereocenters. The van der Waals surface area contributed by atoms with Gasteiger partial charge in [-0.3, -0.25) is 5.41 Å². The van der Waals surface area contributed by atoms with Crippen molar-refractivity contribution >= 4 is 5.90 Å². The highest BCUT2D eigenvalue weighted by Crippen LogP contribution is 2.30. The number of benzene rings is 1. The average molecular weight is 239 g/mol. The lowest BCUT2D eigenvalue weighted by molar-refractivity contribution is 0.190. The third kappa shape index (κ3) is 3.10. The van der Waals surface area contributed by atoms with Gasteiger partial charge in [-0.2, -0.15) is 0 Å². The fraction of sp³-hybridized carbons (Fsp3) is 0.417. The maximum Gasteiger partial charge on any atom is 0.214 e. The van der Waals surface area contributed by atoms with E-state index >= 15 is 0 Å². The summed E-state index contributed by atoms with van der Waals surface area (Å²) in [6, 6.07) is 4.97. The summed E-state index contributed by atoms with van der Waals surface area (Å²) in [5.41, 5.74) is 0.529. The highest BCUT2D eigenvalue weighted by atomic mass is 16.5. The molecule has 1 rings (SSSR count). The predicted octanol–water partition coefficient (Wildman–Crippen LogP) is 1.75. The number of methoxy groups -OCH3 is 2. The summed E-state index contributed by atoms with van der Waals surface area (Å²) in [4.78, 5) is 0. The average Bonchev–Trinajstić information content (AvgIpc) is 2.37. The van der Waals surface area contributed by atoms with E-state index < -0.39 is 6.10 Å². The van der Waals surface area contributed by atoms with Crippen molar-refractivity contribution in [1.29, 1.82) is 5.41 Å². The Labute approximate surface area is 100 Å². The lowest BCUT2D eigenvalue weighted by Crippen LogP contribution is -2.14. The minimum atomic E-state index is -1.09. The number of ether oxygens (including phenoxy) is 3. The van der Waals surface area contributed by atoms with Crippen molar-refractivity contribution in [3.63, 3.8) is 0 Å². The molecule has 5 heteroatoms. The molecule has 0 aliphatic heterocycles. The summed E-state index contributed by atoms with van der Waals surface area (Å²) in [5.74, 6) is 0.902. The molecule has 0 fully saturated rings. The molecule has 0 spiro atoms. The van der Waals surface area contributed by atoms with Crippen molar-refractivity contribution in [2.75, 3.05) is 20.8 Å². The molecule has 0 unspecified atom stereocenters. The normalized spacial score (nSPS) is 11.8. The largest absolute Gasteiger partial charge is 0.493 e. The number of hydrogen-bond acceptors (Lipinski definition) is 5. The van der Waals surface area contributed by atoms with Crippen LogP contribution in [0.5, 0.6) is 11.5 Å². The molecule has 0 saturated heterocycles. The van der Waals surface area contributed by atoms with Crippen LogP contribution in [0.25, 0.3) is 0 Å². The molecular formula is C12H17NO4. The Morgan fingerprint density at radius 3 is 2.47 bits per heavy atom. The van der Waals surface area contributed by atoms with Crippen molar-refractivity contribution in [3.05, 3.63) is 23.8 Å². The van der Waals surface area contributed by atoms with E-state index in [1.165, 1.54) is 14.2 Å². The third-order valence-electron chi connectivity index (χ3n) is 2.27. The van der Waals surface area contributed by atoms with Gasteiger partial charge in [0.25, 0.3) is 0 Å². The summed E-state index contributed by atoms with van der Waals surface area (Å²) in [6.45, 7) is 2.11. The number of aliphatic hydroxyl groups is 1. The Bertz CT molecular complexity index is 392. The van der Waals surface area contributed by atoms with Crippen LogP contribution in [0.3, 0.4) is 0 Å². The summed E-state index contributed by atoms with van der Waals surface area (Å²) in [7, 11) is 3.05. The quantitative estimate of drug-likeness (QED) is 0.606. The molecule has 5 nitrogen and oxygen atoms in total. The maximum atomic E-state index is 9.86. The van der Waals surface area contributed by atoms with Gasteiger partial charge < -0.3 is 19.3 Å². The topological polar surface area (TPSA) is 71.8 Å². The fourth-order valence-electron chi connectivity index (χ4n) is 1.41. The molecule has 0 amide bonds. The second-order valence-corrected chi connectivity index (χ2v) is 3.31. The minimum absolute atomic E-state index is 0.181. The second kappa shape index (κ2) is 6.10. The van der Waals surface area contributed by atoms with Crippen LogP contribution >= 0.6 is 0 Å². The van der Waals surface area contributed by atoms with E-state index in [-0.39, 0.29) is 5.90 Å². The van der Waals surface area contributed by atoms with E-state index in [9.17, 15) is 5.11 Å². The molecule has 2 N–H and O–H groups in total. The molecular weight excluding hydrogens is 222 g/mol. The van der Waals surface area contributed by atoms with E-state index in [4.69, 9.17) is 19.6 Å². The maximum absolute atomic E-state index is 9.86. The molecule has 0 heterocycles. The first-order valence-corrected chi connectivity index (χ1v) is 5.25. The standard InChI is InChI=1S/C12H17NO4/c1-4-17-12(13)11(14)8-5-6-9(15-2)10(7-8)16-3/h5-7,11,13-14H,4H2,1-3H3/t11-/m0/s1. The van der Waals surface area contributed by atoms with Gasteiger partial charge in [0.15, 0.2) is 17.6 Å². The van der Waals surface area contributed by atoms with Gasteiger partial charge in [0.1, 0.15) is 0 Å². The molecule has 94 valence electrons. The molecule has 0 aliphatic rings. The fourth-order valence-corrected chi connectivity index (χ4v) is 1.41. The summed E-state index contributed by atoms with van der Waals surface area (Å²) in [5, 5.41) is 17.4. The van der Waals surface area contributed by atoms with Crippen LogP contribution < -0.4 is 9.47 Å². The summed E-state index contributed by atoms with van der Waals surface area (Å²) in [6.07, 6.45) is -1.09. The highest BCUT2D eigenvalue weighted by molar-refractivity contribution is 5.79. The molecule has 0 aliphatic carbocycles. The monoisotopic (exact) mass is 239 g/mol. The minimum Gasteiger partial charge on any atom is -0.493 e. The van der Waals surface area contributed by atoms with Crippen LogP contribution in [0.15, 0.2) is 18.2 Å². The van der Waals surface area contributed by atoms with Gasteiger partial charge in [0.2, 0.25) is 5.90 Å². The smallest absolute Gasteiger partial charge is 0.214 e. The Morgan fingerprint density at radius 2 is 1.94 bits per heavy atom. The predicted molar refractivity (Wildman–Crippen MR) is 63.9 cm³/mol. The molecule has 0 bridgehead atoms. The Hall–Kier alpha value is -1.75. The number of aliphatic hydroxyl groups excluding tert-OH is 1. The van der Waals surface area contributed by atoms with Crippen molar-refractivity contribution < 1.29 is 19.3 Å². The Balaban J connectivity index is 2.95. The van der Waals surface area contributed by atoms with Gasteiger partial charge in [-0.05, 0) is 24.6 Å². The number of nitrogens with one attached hydrogen (secondary N) is 1. The van der Waals surface area contributed by atoms with E-state index in [2.05, 4.69) is 0 Å². The van der Waals surface area contributed by atoms with Gasteiger partial charge in [-0.25, -0.2) is 0 Å². The molecule has 0 aromatic heterocycles. The zero-order valence-corrected chi connectivity index (χ0v) is 10.2. The first-order chi connectivity index (χ1) is 8.13. The Morgan fingerprint density at radius 1 is 1.29 bits per heavy atom. The third-order valence-corrected chi connectivity index (χ3v) is 2.27. The van der Waals surface area contributed by atoms with E-state index in [1.807, 2.05) is 0 Å². The van der Waals surface area contributed by atoms with Gasteiger partial charge in [0.05, 0.1) is 20.8 Å². The zero-order chi connectivity index (χ0) is 12.8. The summed E-state index contributed by atoms with van der Waals surface area (Å²) < 4.78 is 15.2. The van der Waals surface area contributed by atoms with E-state index in [1.54, 1.807) is 25.1 Å². The van der Waals surface area contributed by atoms with Crippen LogP contribution in [0, 0.1) is 5.41 Å². The van der Waals surface area contributed by atoms with Gasteiger partial charge in [0, 0.05) is 0 Å². The molecule has 0 radical (unpaired) electrons. The number of hydrogen-bond donors (Lipinski definition) is 2. The van der Waals surface area contributed by atoms with Crippen LogP contribution in [-0.4, -0.2) is 31.8 Å². The van der Waals surface area contributed by atoms with Crippen molar-refractivity contribution in [2.24, 2.45) is 0 Å². The van der Waals surface area contributed by atoms with Crippen LogP contribution in [0.4, 0.5) is 0 Å². The van der Waals surface area contributed by atoms with Crippen molar-refractivity contribution in [1.82, 2.24) is 0 Å². The van der Waals surface area contributed by atoms with Crippen molar-refractivity contribution in [3.8, 4) is 11.5 Å². The highest BCUT2D eigenvalue weighted by Gasteiger charge is 2.17. The molecule has 1 aromatic carbocycles. The molecule has 0 saturated carbocycles. The van der Waals surface area contributed by atoms with E-state index in [0.717, 1.165) is 0 Å².